The van der Waals surface area contributed by atoms with Crippen molar-refractivity contribution in [2.24, 2.45) is 0 Å². The third kappa shape index (κ3) is 3.54. The summed E-state index contributed by atoms with van der Waals surface area (Å²) in [7, 11) is 0. The summed E-state index contributed by atoms with van der Waals surface area (Å²) in [5.41, 5.74) is 14.6. The minimum absolute atomic E-state index is 0.177. The molecule has 0 saturated carbocycles. The predicted octanol–water partition coefficient (Wildman–Crippen LogP) is 9.63. The molecule has 5 aliphatic rings. The van der Waals surface area contributed by atoms with Gasteiger partial charge in [-0.2, -0.15) is 0 Å². The molecule has 5 rings (SSSR count). The Balaban J connectivity index is 1.66. The normalized spacial score (nSPS) is 14.1. The van der Waals surface area contributed by atoms with Crippen molar-refractivity contribution in [3.8, 4) is 22.3 Å². The third-order valence-electron chi connectivity index (χ3n) is 7.93. The monoisotopic (exact) mass is 476 g/mol. The molecule has 0 spiro atoms. The number of hydrogen-bond donors (Lipinski definition) is 2. The summed E-state index contributed by atoms with van der Waals surface area (Å²) in [6.45, 7) is 17.2. The lowest BCUT2D eigenvalue weighted by molar-refractivity contribution is 0.390. The van der Waals surface area contributed by atoms with Gasteiger partial charge in [0, 0.05) is 0 Å². The lowest BCUT2D eigenvalue weighted by atomic mass is 9.82. The van der Waals surface area contributed by atoms with Crippen LogP contribution in [0.4, 0.5) is 0 Å². The molecule has 0 aromatic heterocycles. The Morgan fingerprint density at radius 1 is 0.472 bits per heavy atom. The summed E-state index contributed by atoms with van der Waals surface area (Å²) >= 11 is 0. The van der Waals surface area contributed by atoms with Crippen molar-refractivity contribution in [1.29, 1.82) is 0 Å². The van der Waals surface area contributed by atoms with Crippen molar-refractivity contribution in [2.45, 2.75) is 67.2 Å². The number of aliphatic hydroxyl groups excluding tert-OH is 2. The van der Waals surface area contributed by atoms with Crippen LogP contribution in [0.5, 0.6) is 0 Å². The number of allylic oxidation sites excluding steroid dienone is 2. The van der Waals surface area contributed by atoms with Crippen molar-refractivity contribution in [1.82, 2.24) is 0 Å². The lowest BCUT2D eigenvalue weighted by Crippen LogP contribution is -2.11. The molecule has 0 aromatic carbocycles. The number of rotatable bonds is 4. The zero-order valence-electron chi connectivity index (χ0n) is 22.7. The lowest BCUT2D eigenvalue weighted by Gasteiger charge is -2.25. The molecule has 0 aliphatic heterocycles. The fourth-order valence-electron chi connectivity index (χ4n) is 5.71. The van der Waals surface area contributed by atoms with Crippen LogP contribution in [0, 0.1) is 27.7 Å². The Morgan fingerprint density at radius 3 is 1.17 bits per heavy atom. The van der Waals surface area contributed by atoms with Crippen molar-refractivity contribution < 1.29 is 10.2 Å². The summed E-state index contributed by atoms with van der Waals surface area (Å²) in [6, 6.07) is 17.4. The molecule has 0 saturated heterocycles. The quantitative estimate of drug-likeness (QED) is 0.308. The van der Waals surface area contributed by atoms with E-state index in [4.69, 9.17) is 0 Å². The van der Waals surface area contributed by atoms with E-state index in [9.17, 15) is 10.2 Å². The number of hydrogen-bond acceptors (Lipinski definition) is 2. The summed E-state index contributed by atoms with van der Waals surface area (Å²) in [5.74, 6) is 1.19. The van der Waals surface area contributed by atoms with Crippen molar-refractivity contribution in [3.05, 3.63) is 105 Å². The van der Waals surface area contributed by atoms with Gasteiger partial charge in [-0.3, -0.25) is 0 Å². The van der Waals surface area contributed by atoms with Crippen molar-refractivity contribution >= 4 is 11.1 Å². The number of aryl methyl sites for hydroxylation is 4. The van der Waals surface area contributed by atoms with Gasteiger partial charge in [0.05, 0.1) is 11.1 Å². The van der Waals surface area contributed by atoms with Gasteiger partial charge in [0.2, 0.25) is 0 Å². The van der Waals surface area contributed by atoms with Crippen LogP contribution in [0.2, 0.25) is 0 Å². The van der Waals surface area contributed by atoms with E-state index in [1.165, 1.54) is 22.3 Å². The Bertz CT molecular complexity index is 1400. The van der Waals surface area contributed by atoms with Gasteiger partial charge in [-0.25, -0.2) is 0 Å². The van der Waals surface area contributed by atoms with E-state index in [1.54, 1.807) is 0 Å². The van der Waals surface area contributed by atoms with Crippen LogP contribution < -0.4 is 0 Å². The van der Waals surface area contributed by atoms with Crippen molar-refractivity contribution in [2.75, 3.05) is 0 Å². The zero-order valence-corrected chi connectivity index (χ0v) is 22.7. The van der Waals surface area contributed by atoms with E-state index in [2.05, 4.69) is 104 Å². The van der Waals surface area contributed by atoms with E-state index >= 15 is 0 Å². The standard InChI is InChI=1S/C34H36O2/c1-17(2)23-11-9-19(5)29-25(15-23)21(7)13-27(29)31-33(35)32(34(31)36)28-14-22(8)26-16-24(18(3)4)12-10-20(6)30(26)28/h9-18,35-36H,1-8H3. The second-order valence-electron chi connectivity index (χ2n) is 11.1. The van der Waals surface area contributed by atoms with Gasteiger partial charge >= 0.3 is 0 Å². The first kappa shape index (κ1) is 24.2. The summed E-state index contributed by atoms with van der Waals surface area (Å²) in [5, 5.41) is 22.9. The molecule has 2 nitrogen and oxygen atoms in total. The van der Waals surface area contributed by atoms with Gasteiger partial charge < -0.3 is 10.2 Å². The Morgan fingerprint density at radius 2 is 0.833 bits per heavy atom. The Hall–Kier alpha value is -3.52. The van der Waals surface area contributed by atoms with E-state index in [0.29, 0.717) is 23.0 Å². The van der Waals surface area contributed by atoms with Gasteiger partial charge in [-0.15, -0.1) is 0 Å². The average Bonchev–Trinajstić information content (AvgIpc) is 3.11. The molecule has 0 radical (unpaired) electrons. The maximum absolute atomic E-state index is 11.4. The average molecular weight is 477 g/mol. The second-order valence-corrected chi connectivity index (χ2v) is 11.1. The first-order chi connectivity index (χ1) is 17.0. The van der Waals surface area contributed by atoms with E-state index in [-0.39, 0.29) is 11.5 Å². The molecule has 36 heavy (non-hydrogen) atoms. The van der Waals surface area contributed by atoms with Gasteiger partial charge in [-0.05, 0) is 118 Å². The number of fused-ring (bicyclic) bond motifs is 2. The minimum Gasteiger partial charge on any atom is -0.506 e. The molecule has 0 bridgehead atoms. The first-order valence-electron chi connectivity index (χ1n) is 13.0. The highest BCUT2D eigenvalue weighted by Crippen LogP contribution is 2.52. The maximum Gasteiger partial charge on any atom is 0.138 e. The van der Waals surface area contributed by atoms with Crippen molar-refractivity contribution in [3.63, 3.8) is 0 Å². The molecular weight excluding hydrogens is 440 g/mol. The molecule has 0 atom stereocenters. The molecule has 0 aromatic rings. The maximum atomic E-state index is 11.4. The molecule has 0 amide bonds. The fraction of sp³-hybridized carbons (Fsp3) is 0.294. The Kier molecular flexibility index (Phi) is 5.75. The Labute approximate surface area is 215 Å². The van der Waals surface area contributed by atoms with Crippen LogP contribution in [-0.2, 0) is 0 Å². The summed E-state index contributed by atoms with van der Waals surface area (Å²) in [6.07, 6.45) is 0. The van der Waals surface area contributed by atoms with Gasteiger partial charge in [0.25, 0.3) is 0 Å². The summed E-state index contributed by atoms with van der Waals surface area (Å²) < 4.78 is 0. The smallest absolute Gasteiger partial charge is 0.138 e. The highest BCUT2D eigenvalue weighted by molar-refractivity contribution is 6.12. The predicted molar refractivity (Wildman–Crippen MR) is 152 cm³/mol. The van der Waals surface area contributed by atoms with Crippen LogP contribution in [-0.4, -0.2) is 10.2 Å². The van der Waals surface area contributed by atoms with Gasteiger partial charge in [0.15, 0.2) is 0 Å². The zero-order chi connectivity index (χ0) is 26.0. The van der Waals surface area contributed by atoms with E-state index < -0.39 is 0 Å². The highest BCUT2D eigenvalue weighted by Gasteiger charge is 2.36. The van der Waals surface area contributed by atoms with E-state index in [1.807, 2.05) is 0 Å². The van der Waals surface area contributed by atoms with Crippen LogP contribution in [0.15, 0.2) is 60.0 Å². The fourth-order valence-corrected chi connectivity index (χ4v) is 5.71. The molecule has 0 heterocycles. The van der Waals surface area contributed by atoms with Crippen LogP contribution in [0.25, 0.3) is 33.4 Å². The van der Waals surface area contributed by atoms with Crippen LogP contribution in [0.1, 0.15) is 84.0 Å². The largest absolute Gasteiger partial charge is 0.506 e. The highest BCUT2D eigenvalue weighted by atomic mass is 16.3. The third-order valence-corrected chi connectivity index (χ3v) is 7.93. The summed E-state index contributed by atoms with van der Waals surface area (Å²) in [4.78, 5) is 0. The van der Waals surface area contributed by atoms with Gasteiger partial charge in [-0.1, -0.05) is 64.1 Å². The molecular formula is C34H36O2. The molecule has 5 aliphatic carbocycles. The van der Waals surface area contributed by atoms with E-state index in [0.717, 1.165) is 44.5 Å². The van der Waals surface area contributed by atoms with Crippen LogP contribution >= 0.6 is 0 Å². The molecule has 0 fully saturated rings. The first-order valence-corrected chi connectivity index (χ1v) is 13.0. The SMILES string of the molecule is Cc1cc(C2=C(O)C(c3cc(C)c4cc(C(C)C)ccc(C)c3-4)=C2O)c2c(C)ccc(C(C)C)cc1-2. The minimum atomic E-state index is 0.177. The second kappa shape index (κ2) is 8.55. The molecule has 0 unspecified atom stereocenters. The van der Waals surface area contributed by atoms with Crippen LogP contribution in [0.3, 0.4) is 0 Å². The van der Waals surface area contributed by atoms with Gasteiger partial charge in [0.1, 0.15) is 11.5 Å². The molecule has 2 N–H and O–H groups in total. The topological polar surface area (TPSA) is 40.5 Å². The molecule has 2 heteroatoms. The number of aliphatic hydroxyl groups is 2. The molecule has 184 valence electrons.